The summed E-state index contributed by atoms with van der Waals surface area (Å²) in [6.07, 6.45) is 3.15. The highest BCUT2D eigenvalue weighted by Gasteiger charge is 2.26. The van der Waals surface area contributed by atoms with Crippen LogP contribution in [-0.2, 0) is 20.9 Å². The number of rotatable bonds is 6. The van der Waals surface area contributed by atoms with E-state index in [9.17, 15) is 9.59 Å². The van der Waals surface area contributed by atoms with Crippen LogP contribution < -0.4 is 5.32 Å². The van der Waals surface area contributed by atoms with Gasteiger partial charge in [-0.05, 0) is 18.9 Å². The van der Waals surface area contributed by atoms with Crippen molar-refractivity contribution in [2.45, 2.75) is 32.1 Å². The number of ether oxygens (including phenoxy) is 1. The van der Waals surface area contributed by atoms with E-state index in [0.717, 1.165) is 5.56 Å². The Morgan fingerprint density at radius 3 is 2.67 bits per heavy atom. The summed E-state index contributed by atoms with van der Waals surface area (Å²) in [6.45, 7) is 2.05. The van der Waals surface area contributed by atoms with Crippen molar-refractivity contribution in [3.63, 3.8) is 0 Å². The standard InChI is InChI=1S/C16H19NO4/c1-11(21-10-12-5-3-2-4-6-12)15(18)17-14-8-7-13(9-14)16(19)20/h2-8,11,13-14H,9-10H2,1H3,(H,17,18)(H,19,20). The monoisotopic (exact) mass is 289 g/mol. The minimum atomic E-state index is -0.864. The number of carboxylic acids is 1. The van der Waals surface area contributed by atoms with E-state index in [1.807, 2.05) is 30.3 Å². The van der Waals surface area contributed by atoms with Crippen LogP contribution in [0.15, 0.2) is 42.5 Å². The molecule has 0 saturated heterocycles. The van der Waals surface area contributed by atoms with Crippen molar-refractivity contribution in [1.29, 1.82) is 0 Å². The third-order valence-electron chi connectivity index (χ3n) is 3.44. The van der Waals surface area contributed by atoms with Crippen LogP contribution in [0.2, 0.25) is 0 Å². The fourth-order valence-electron chi connectivity index (χ4n) is 2.16. The number of carboxylic acid groups (broad SMARTS) is 1. The van der Waals surface area contributed by atoms with Gasteiger partial charge in [-0.1, -0.05) is 42.5 Å². The molecule has 0 spiro atoms. The van der Waals surface area contributed by atoms with Gasteiger partial charge < -0.3 is 15.2 Å². The van der Waals surface area contributed by atoms with E-state index < -0.39 is 18.0 Å². The normalized spacial score (nSPS) is 22.0. The first-order valence-electron chi connectivity index (χ1n) is 6.93. The summed E-state index contributed by atoms with van der Waals surface area (Å²) in [7, 11) is 0. The molecule has 0 saturated carbocycles. The number of hydrogen-bond donors (Lipinski definition) is 2. The molecule has 2 N–H and O–H groups in total. The van der Waals surface area contributed by atoms with Gasteiger partial charge in [0.15, 0.2) is 0 Å². The van der Waals surface area contributed by atoms with Gasteiger partial charge in [-0.15, -0.1) is 0 Å². The predicted molar refractivity (Wildman–Crippen MR) is 77.5 cm³/mol. The molecule has 1 aliphatic rings. The fourth-order valence-corrected chi connectivity index (χ4v) is 2.16. The summed E-state index contributed by atoms with van der Waals surface area (Å²) in [4.78, 5) is 22.8. The lowest BCUT2D eigenvalue weighted by Gasteiger charge is -2.17. The zero-order valence-corrected chi connectivity index (χ0v) is 11.9. The fraction of sp³-hybridized carbons (Fsp3) is 0.375. The number of aliphatic carboxylic acids is 1. The molecule has 0 aliphatic heterocycles. The molecule has 1 amide bonds. The van der Waals surface area contributed by atoms with Crippen LogP contribution in [0.3, 0.4) is 0 Å². The minimum Gasteiger partial charge on any atom is -0.481 e. The van der Waals surface area contributed by atoms with E-state index in [4.69, 9.17) is 9.84 Å². The van der Waals surface area contributed by atoms with Crippen molar-refractivity contribution in [2.24, 2.45) is 5.92 Å². The molecular weight excluding hydrogens is 270 g/mol. The van der Waals surface area contributed by atoms with Crippen LogP contribution in [0.5, 0.6) is 0 Å². The highest BCUT2D eigenvalue weighted by Crippen LogP contribution is 2.18. The minimum absolute atomic E-state index is 0.230. The van der Waals surface area contributed by atoms with Crippen LogP contribution in [0.4, 0.5) is 0 Å². The molecule has 21 heavy (non-hydrogen) atoms. The maximum Gasteiger partial charge on any atom is 0.310 e. The van der Waals surface area contributed by atoms with E-state index in [0.29, 0.717) is 13.0 Å². The molecule has 3 unspecified atom stereocenters. The van der Waals surface area contributed by atoms with E-state index >= 15 is 0 Å². The number of nitrogens with one attached hydrogen (secondary N) is 1. The number of carbonyl (C=O) groups is 2. The van der Waals surface area contributed by atoms with Gasteiger partial charge in [0.1, 0.15) is 6.10 Å². The SMILES string of the molecule is CC(OCc1ccccc1)C(=O)NC1C=CC(C(=O)O)C1. The second-order valence-corrected chi connectivity index (χ2v) is 5.12. The van der Waals surface area contributed by atoms with Crippen molar-refractivity contribution < 1.29 is 19.4 Å². The molecule has 1 aliphatic carbocycles. The molecule has 2 rings (SSSR count). The zero-order chi connectivity index (χ0) is 15.2. The predicted octanol–water partition coefficient (Wildman–Crippen LogP) is 1.74. The first-order chi connectivity index (χ1) is 10.1. The average molecular weight is 289 g/mol. The van der Waals surface area contributed by atoms with Gasteiger partial charge in [-0.3, -0.25) is 9.59 Å². The van der Waals surface area contributed by atoms with Crippen LogP contribution >= 0.6 is 0 Å². The van der Waals surface area contributed by atoms with E-state index in [-0.39, 0.29) is 11.9 Å². The van der Waals surface area contributed by atoms with Gasteiger partial charge in [0.25, 0.3) is 0 Å². The molecule has 0 aromatic heterocycles. The summed E-state index contributed by atoms with van der Waals surface area (Å²) < 4.78 is 5.52. The van der Waals surface area contributed by atoms with Gasteiger partial charge in [-0.25, -0.2) is 0 Å². The Morgan fingerprint density at radius 2 is 2.05 bits per heavy atom. The van der Waals surface area contributed by atoms with Gasteiger partial charge in [-0.2, -0.15) is 0 Å². The van der Waals surface area contributed by atoms with Gasteiger partial charge in [0.05, 0.1) is 12.5 Å². The van der Waals surface area contributed by atoms with Crippen molar-refractivity contribution >= 4 is 11.9 Å². The lowest BCUT2D eigenvalue weighted by atomic mass is 10.1. The molecule has 0 fully saturated rings. The molecule has 5 nitrogen and oxygen atoms in total. The molecule has 0 bridgehead atoms. The van der Waals surface area contributed by atoms with Crippen LogP contribution in [0, 0.1) is 5.92 Å². The Labute approximate surface area is 123 Å². The van der Waals surface area contributed by atoms with Crippen molar-refractivity contribution in [1.82, 2.24) is 5.32 Å². The van der Waals surface area contributed by atoms with Crippen LogP contribution in [0.25, 0.3) is 0 Å². The summed E-state index contributed by atoms with van der Waals surface area (Å²) in [6, 6.07) is 9.38. The molecule has 0 heterocycles. The Balaban J connectivity index is 1.76. The Morgan fingerprint density at radius 1 is 1.33 bits per heavy atom. The smallest absolute Gasteiger partial charge is 0.310 e. The summed E-state index contributed by atoms with van der Waals surface area (Å²) >= 11 is 0. The Hall–Kier alpha value is -2.14. The number of hydrogen-bond acceptors (Lipinski definition) is 3. The maximum absolute atomic E-state index is 12.0. The molecule has 5 heteroatoms. The topological polar surface area (TPSA) is 75.6 Å². The van der Waals surface area contributed by atoms with Crippen molar-refractivity contribution in [3.8, 4) is 0 Å². The summed E-state index contributed by atoms with van der Waals surface area (Å²) in [5, 5.41) is 11.7. The Kier molecular flexibility index (Phi) is 5.11. The quantitative estimate of drug-likeness (QED) is 0.782. The molecular formula is C16H19NO4. The number of amides is 1. The zero-order valence-electron chi connectivity index (χ0n) is 11.9. The van der Waals surface area contributed by atoms with Crippen LogP contribution in [-0.4, -0.2) is 29.1 Å². The van der Waals surface area contributed by atoms with Gasteiger partial charge in [0.2, 0.25) is 5.91 Å². The second-order valence-electron chi connectivity index (χ2n) is 5.12. The number of carbonyl (C=O) groups excluding carboxylic acids is 1. The number of benzene rings is 1. The molecule has 1 aromatic carbocycles. The first kappa shape index (κ1) is 15.3. The first-order valence-corrected chi connectivity index (χ1v) is 6.93. The lowest BCUT2D eigenvalue weighted by Crippen LogP contribution is -2.40. The van der Waals surface area contributed by atoms with E-state index in [2.05, 4.69) is 5.32 Å². The third kappa shape index (κ3) is 4.43. The van der Waals surface area contributed by atoms with Gasteiger partial charge in [0, 0.05) is 6.04 Å². The molecule has 3 atom stereocenters. The van der Waals surface area contributed by atoms with Gasteiger partial charge >= 0.3 is 5.97 Å². The maximum atomic E-state index is 12.0. The molecule has 1 aromatic rings. The lowest BCUT2D eigenvalue weighted by molar-refractivity contribution is -0.140. The van der Waals surface area contributed by atoms with E-state index in [1.165, 1.54) is 0 Å². The molecule has 112 valence electrons. The highest BCUT2D eigenvalue weighted by atomic mass is 16.5. The Bertz CT molecular complexity index is 526. The highest BCUT2D eigenvalue weighted by molar-refractivity contribution is 5.81. The van der Waals surface area contributed by atoms with Crippen molar-refractivity contribution in [2.75, 3.05) is 0 Å². The third-order valence-corrected chi connectivity index (χ3v) is 3.44. The van der Waals surface area contributed by atoms with E-state index in [1.54, 1.807) is 19.1 Å². The van der Waals surface area contributed by atoms with Crippen LogP contribution in [0.1, 0.15) is 18.9 Å². The summed E-state index contributed by atoms with van der Waals surface area (Å²) in [5.41, 5.74) is 1.00. The summed E-state index contributed by atoms with van der Waals surface area (Å²) in [5.74, 6) is -1.61. The average Bonchev–Trinajstić information content (AvgIpc) is 2.94. The van der Waals surface area contributed by atoms with Crippen molar-refractivity contribution in [3.05, 3.63) is 48.0 Å². The largest absolute Gasteiger partial charge is 0.481 e. The molecule has 0 radical (unpaired) electrons. The second kappa shape index (κ2) is 7.04.